The molecule has 4 nitrogen and oxygen atoms in total. The molecule has 0 bridgehead atoms. The van der Waals surface area contributed by atoms with E-state index in [1.54, 1.807) is 0 Å². The molecular weight excluding hydrogens is 284 g/mol. The minimum absolute atomic E-state index is 0.205. The molecule has 2 saturated carbocycles. The van der Waals surface area contributed by atoms with Crippen LogP contribution in [0.1, 0.15) is 88.1 Å². The number of aromatic nitrogens is 4. The summed E-state index contributed by atoms with van der Waals surface area (Å²) in [4.78, 5) is 4.59. The summed E-state index contributed by atoms with van der Waals surface area (Å²) in [7, 11) is 0. The van der Waals surface area contributed by atoms with Crippen LogP contribution in [-0.2, 0) is 5.41 Å². The van der Waals surface area contributed by atoms with Gasteiger partial charge in [0.15, 0.2) is 0 Å². The fourth-order valence-corrected chi connectivity index (χ4v) is 3.91. The Labute approximate surface area is 138 Å². The zero-order valence-electron chi connectivity index (χ0n) is 14.2. The summed E-state index contributed by atoms with van der Waals surface area (Å²) in [5.41, 5.74) is 0.869. The van der Waals surface area contributed by atoms with Crippen LogP contribution in [0.2, 0.25) is 0 Å². The average Bonchev–Trinajstić information content (AvgIpc) is 3.34. The van der Waals surface area contributed by atoms with Crippen LogP contribution in [0.4, 0.5) is 0 Å². The Hall–Kier alpha value is -1.71. The van der Waals surface area contributed by atoms with Gasteiger partial charge in [-0.3, -0.25) is 4.98 Å². The van der Waals surface area contributed by atoms with E-state index < -0.39 is 0 Å². The van der Waals surface area contributed by atoms with Crippen molar-refractivity contribution in [1.82, 2.24) is 19.7 Å². The van der Waals surface area contributed by atoms with Crippen LogP contribution in [-0.4, -0.2) is 19.7 Å². The fraction of sp³-hybridized carbons (Fsp3) is 0.632. The third-order valence-corrected chi connectivity index (χ3v) is 5.47. The van der Waals surface area contributed by atoms with Gasteiger partial charge in [-0.05, 0) is 51.7 Å². The maximum atomic E-state index is 4.68. The van der Waals surface area contributed by atoms with E-state index in [9.17, 15) is 0 Å². The summed E-state index contributed by atoms with van der Waals surface area (Å²) in [6, 6.07) is 6.74. The van der Waals surface area contributed by atoms with Crippen molar-refractivity contribution in [3.63, 3.8) is 0 Å². The van der Waals surface area contributed by atoms with E-state index in [2.05, 4.69) is 45.7 Å². The molecular formula is C19H26N4. The molecule has 2 fully saturated rings. The molecule has 0 radical (unpaired) electrons. The van der Waals surface area contributed by atoms with Gasteiger partial charge in [0.2, 0.25) is 0 Å². The molecule has 4 heteroatoms. The maximum Gasteiger partial charge on any atom is 0.145 e. The third-order valence-electron chi connectivity index (χ3n) is 5.47. The van der Waals surface area contributed by atoms with Crippen LogP contribution in [0, 0.1) is 0 Å². The van der Waals surface area contributed by atoms with Gasteiger partial charge in [-0.2, -0.15) is 0 Å². The Kier molecular flexibility index (Phi) is 3.70. The lowest BCUT2D eigenvalue weighted by Crippen LogP contribution is -2.26. The molecule has 4 rings (SSSR count). The van der Waals surface area contributed by atoms with Crippen LogP contribution in [0.25, 0.3) is 0 Å². The first kappa shape index (κ1) is 14.9. The maximum absolute atomic E-state index is 4.68. The second-order valence-corrected chi connectivity index (χ2v) is 7.66. The van der Waals surface area contributed by atoms with Gasteiger partial charge in [0.25, 0.3) is 0 Å². The summed E-state index contributed by atoms with van der Waals surface area (Å²) in [6.07, 6.45) is 11.0. The highest BCUT2D eigenvalue weighted by Gasteiger charge is 2.38. The van der Waals surface area contributed by atoms with Crippen molar-refractivity contribution in [1.29, 1.82) is 0 Å². The third kappa shape index (κ3) is 2.68. The fourth-order valence-electron chi connectivity index (χ4n) is 3.91. The smallest absolute Gasteiger partial charge is 0.145 e. The largest absolute Gasteiger partial charge is 0.311 e. The number of rotatable bonds is 4. The predicted molar refractivity (Wildman–Crippen MR) is 90.5 cm³/mol. The molecule has 2 aromatic heterocycles. The molecule has 2 aliphatic rings. The molecule has 0 unspecified atom stereocenters. The van der Waals surface area contributed by atoms with Crippen LogP contribution < -0.4 is 0 Å². The molecule has 0 amide bonds. The molecule has 0 aliphatic heterocycles. The van der Waals surface area contributed by atoms with Crippen LogP contribution >= 0.6 is 0 Å². The Morgan fingerprint density at radius 1 is 1.00 bits per heavy atom. The monoisotopic (exact) mass is 310 g/mol. The number of hydrogen-bond acceptors (Lipinski definition) is 3. The van der Waals surface area contributed by atoms with E-state index in [0.717, 1.165) is 11.5 Å². The second kappa shape index (κ2) is 5.73. The van der Waals surface area contributed by atoms with E-state index in [1.807, 2.05) is 12.3 Å². The first-order chi connectivity index (χ1) is 11.2. The molecule has 23 heavy (non-hydrogen) atoms. The molecule has 0 saturated heterocycles. The minimum atomic E-state index is -0.205. The molecule has 0 N–H and O–H groups in total. The lowest BCUT2D eigenvalue weighted by molar-refractivity contribution is 0.409. The Balaban J connectivity index is 1.75. The normalized spacial score (nSPS) is 19.9. The first-order valence-corrected chi connectivity index (χ1v) is 9.04. The first-order valence-electron chi connectivity index (χ1n) is 9.04. The van der Waals surface area contributed by atoms with Gasteiger partial charge in [-0.25, -0.2) is 0 Å². The van der Waals surface area contributed by atoms with Gasteiger partial charge in [0, 0.05) is 18.2 Å². The highest BCUT2D eigenvalue weighted by Crippen LogP contribution is 2.43. The van der Waals surface area contributed by atoms with Gasteiger partial charge < -0.3 is 4.57 Å². The van der Waals surface area contributed by atoms with Crippen molar-refractivity contribution < 1.29 is 0 Å². The highest BCUT2D eigenvalue weighted by atomic mass is 15.3. The summed E-state index contributed by atoms with van der Waals surface area (Å²) >= 11 is 0. The second-order valence-electron chi connectivity index (χ2n) is 7.66. The molecule has 0 spiro atoms. The summed E-state index contributed by atoms with van der Waals surface area (Å²) < 4.78 is 2.48. The van der Waals surface area contributed by atoms with Gasteiger partial charge in [-0.15, -0.1) is 10.2 Å². The van der Waals surface area contributed by atoms with Crippen molar-refractivity contribution in [3.05, 3.63) is 41.7 Å². The molecule has 122 valence electrons. The lowest BCUT2D eigenvalue weighted by Gasteiger charge is -2.26. The number of nitrogens with zero attached hydrogens (tertiary/aromatic N) is 4. The van der Waals surface area contributed by atoms with Crippen LogP contribution in [0.15, 0.2) is 24.4 Å². The van der Waals surface area contributed by atoms with Gasteiger partial charge in [0.05, 0.1) is 11.1 Å². The quantitative estimate of drug-likeness (QED) is 0.841. The number of pyridine rings is 1. The summed E-state index contributed by atoms with van der Waals surface area (Å²) in [5, 5.41) is 9.35. The number of hydrogen-bond donors (Lipinski definition) is 0. The van der Waals surface area contributed by atoms with Gasteiger partial charge in [-0.1, -0.05) is 25.3 Å². The lowest BCUT2D eigenvalue weighted by atomic mass is 9.86. The van der Waals surface area contributed by atoms with E-state index in [0.29, 0.717) is 12.0 Å². The highest BCUT2D eigenvalue weighted by molar-refractivity contribution is 5.27. The zero-order chi connectivity index (χ0) is 15.9. The van der Waals surface area contributed by atoms with Crippen LogP contribution in [0.3, 0.4) is 0 Å². The van der Waals surface area contributed by atoms with Crippen molar-refractivity contribution >= 4 is 0 Å². The van der Waals surface area contributed by atoms with Gasteiger partial charge >= 0.3 is 0 Å². The molecule has 0 aromatic carbocycles. The minimum Gasteiger partial charge on any atom is -0.311 e. The summed E-state index contributed by atoms with van der Waals surface area (Å²) in [6.45, 7) is 4.45. The Morgan fingerprint density at radius 2 is 1.78 bits per heavy atom. The topological polar surface area (TPSA) is 43.6 Å². The van der Waals surface area contributed by atoms with Crippen molar-refractivity contribution in [2.24, 2.45) is 0 Å². The van der Waals surface area contributed by atoms with E-state index >= 15 is 0 Å². The molecule has 2 heterocycles. The predicted octanol–water partition coefficient (Wildman–Crippen LogP) is 4.38. The summed E-state index contributed by atoms with van der Waals surface area (Å²) in [5.74, 6) is 2.94. The Bertz CT molecular complexity index is 664. The molecule has 2 aliphatic carbocycles. The van der Waals surface area contributed by atoms with Crippen molar-refractivity contribution in [3.8, 4) is 0 Å². The Morgan fingerprint density at radius 3 is 2.43 bits per heavy atom. The van der Waals surface area contributed by atoms with Crippen molar-refractivity contribution in [2.75, 3.05) is 0 Å². The van der Waals surface area contributed by atoms with Crippen LogP contribution in [0.5, 0.6) is 0 Å². The van der Waals surface area contributed by atoms with Crippen molar-refractivity contribution in [2.45, 2.75) is 76.2 Å². The van der Waals surface area contributed by atoms with Gasteiger partial charge in [0.1, 0.15) is 11.6 Å². The molecule has 2 aromatic rings. The SMILES string of the molecule is CC(C)(c1ccccn1)c1nnc(C2CCCCC2)n1C1CC1. The van der Waals surface area contributed by atoms with E-state index in [-0.39, 0.29) is 5.41 Å². The standard InChI is InChI=1S/C19H26N4/c1-19(2,16-10-6-7-13-20-16)18-22-21-17(23(18)15-11-12-15)14-8-4-3-5-9-14/h6-7,10,13-15H,3-5,8-9,11-12H2,1-2H3. The van der Waals surface area contributed by atoms with E-state index in [4.69, 9.17) is 0 Å². The van der Waals surface area contributed by atoms with E-state index in [1.165, 1.54) is 50.8 Å². The average molecular weight is 310 g/mol. The molecule has 0 atom stereocenters. The zero-order valence-corrected chi connectivity index (χ0v) is 14.2.